The monoisotopic (exact) mass is 366 g/mol. The number of hydrogen-bond acceptors (Lipinski definition) is 1. The van der Waals surface area contributed by atoms with Crippen molar-refractivity contribution in [2.24, 2.45) is 0 Å². The van der Waals surface area contributed by atoms with E-state index in [-0.39, 0.29) is 0 Å². The van der Waals surface area contributed by atoms with Crippen LogP contribution >= 0.6 is 22.6 Å². The summed E-state index contributed by atoms with van der Waals surface area (Å²) in [6, 6.07) is 12.9. The summed E-state index contributed by atoms with van der Waals surface area (Å²) in [5.74, 6) is 0. The first-order valence-corrected chi connectivity index (χ1v) is 10.7. The first-order valence-electron chi connectivity index (χ1n) is 6.09. The van der Waals surface area contributed by atoms with Gasteiger partial charge in [0.2, 0.25) is 0 Å². The van der Waals surface area contributed by atoms with Crippen molar-refractivity contribution >= 4 is 57.8 Å². The fourth-order valence-corrected chi connectivity index (χ4v) is 4.45. The lowest BCUT2D eigenvalue weighted by atomic mass is 10.1. The van der Waals surface area contributed by atoms with Gasteiger partial charge in [0.15, 0.2) is 0 Å². The molecule has 3 aromatic rings. The minimum Gasteiger partial charge on any atom is -0.455 e. The average Bonchev–Trinajstić information content (AvgIpc) is 2.68. The second kappa shape index (κ2) is 4.10. The average molecular weight is 366 g/mol. The van der Waals surface area contributed by atoms with E-state index in [4.69, 9.17) is 4.42 Å². The maximum absolute atomic E-state index is 6.17. The van der Waals surface area contributed by atoms with Crippen LogP contribution in [0.4, 0.5) is 0 Å². The number of fused-ring (bicyclic) bond motifs is 3. The minimum atomic E-state index is -1.37. The van der Waals surface area contributed by atoms with Gasteiger partial charge in [-0.1, -0.05) is 50.0 Å². The largest absolute Gasteiger partial charge is 0.455 e. The summed E-state index contributed by atoms with van der Waals surface area (Å²) >= 11 is 2.34. The zero-order valence-electron chi connectivity index (χ0n) is 10.8. The highest BCUT2D eigenvalue weighted by Crippen LogP contribution is 2.31. The molecule has 18 heavy (non-hydrogen) atoms. The highest BCUT2D eigenvalue weighted by Gasteiger charge is 2.22. The highest BCUT2D eigenvalue weighted by atomic mass is 127. The van der Waals surface area contributed by atoms with E-state index in [1.165, 1.54) is 19.5 Å². The standard InChI is InChI=1S/C15H15IOSi/c1-18(2,3)13-9-5-7-11-10-6-4-8-12(16)14(10)17-15(11)13/h4-9H,1-3H3. The van der Waals surface area contributed by atoms with Crippen LogP contribution in [0.15, 0.2) is 40.8 Å². The Balaban J connectivity index is 2.50. The van der Waals surface area contributed by atoms with Crippen LogP contribution < -0.4 is 5.19 Å². The Bertz CT molecular complexity index is 737. The summed E-state index contributed by atoms with van der Waals surface area (Å²) in [4.78, 5) is 0. The van der Waals surface area contributed by atoms with Crippen LogP contribution in [0.5, 0.6) is 0 Å². The second-order valence-electron chi connectivity index (χ2n) is 5.65. The molecule has 0 unspecified atom stereocenters. The maximum Gasteiger partial charge on any atom is 0.148 e. The predicted molar refractivity (Wildman–Crippen MR) is 89.4 cm³/mol. The van der Waals surface area contributed by atoms with Gasteiger partial charge in [0.1, 0.15) is 11.2 Å². The number of furan rings is 1. The molecule has 0 aliphatic carbocycles. The molecule has 0 saturated heterocycles. The fraction of sp³-hybridized carbons (Fsp3) is 0.200. The molecule has 0 bridgehead atoms. The van der Waals surface area contributed by atoms with Crippen LogP contribution in [0.3, 0.4) is 0 Å². The molecule has 0 fully saturated rings. The van der Waals surface area contributed by atoms with Crippen molar-refractivity contribution in [1.82, 2.24) is 0 Å². The van der Waals surface area contributed by atoms with Gasteiger partial charge < -0.3 is 4.42 Å². The topological polar surface area (TPSA) is 13.1 Å². The third-order valence-electron chi connectivity index (χ3n) is 3.28. The van der Waals surface area contributed by atoms with E-state index in [0.717, 1.165) is 11.2 Å². The zero-order chi connectivity index (χ0) is 12.9. The van der Waals surface area contributed by atoms with Crippen molar-refractivity contribution in [3.63, 3.8) is 0 Å². The summed E-state index contributed by atoms with van der Waals surface area (Å²) < 4.78 is 7.35. The SMILES string of the molecule is C[Si](C)(C)c1cccc2c1oc1c(I)cccc12. The van der Waals surface area contributed by atoms with Gasteiger partial charge in [0, 0.05) is 10.8 Å². The van der Waals surface area contributed by atoms with E-state index < -0.39 is 8.07 Å². The summed E-state index contributed by atoms with van der Waals surface area (Å²) in [7, 11) is -1.37. The molecule has 0 N–H and O–H groups in total. The summed E-state index contributed by atoms with van der Waals surface area (Å²) in [6.45, 7) is 7.08. The van der Waals surface area contributed by atoms with Crippen molar-refractivity contribution in [1.29, 1.82) is 0 Å². The van der Waals surface area contributed by atoms with Crippen molar-refractivity contribution in [2.45, 2.75) is 19.6 Å². The van der Waals surface area contributed by atoms with Gasteiger partial charge in [-0.2, -0.15) is 0 Å². The van der Waals surface area contributed by atoms with Gasteiger partial charge >= 0.3 is 0 Å². The third kappa shape index (κ3) is 1.80. The van der Waals surface area contributed by atoms with Gasteiger partial charge in [-0.05, 0) is 33.8 Å². The molecule has 0 atom stereocenters. The smallest absolute Gasteiger partial charge is 0.148 e. The third-order valence-corrected chi connectivity index (χ3v) is 6.14. The Kier molecular flexibility index (Phi) is 2.78. The Hall–Kier alpha value is -0.813. The molecule has 1 aromatic heterocycles. The van der Waals surface area contributed by atoms with Gasteiger partial charge in [-0.3, -0.25) is 0 Å². The Morgan fingerprint density at radius 1 is 0.889 bits per heavy atom. The van der Waals surface area contributed by atoms with Crippen molar-refractivity contribution in [2.75, 3.05) is 0 Å². The lowest BCUT2D eigenvalue weighted by Gasteiger charge is -2.16. The van der Waals surface area contributed by atoms with E-state index in [1.807, 2.05) is 0 Å². The zero-order valence-corrected chi connectivity index (χ0v) is 13.9. The van der Waals surface area contributed by atoms with Crippen molar-refractivity contribution in [3.05, 3.63) is 40.0 Å². The molecule has 0 spiro atoms. The first kappa shape index (κ1) is 12.2. The van der Waals surface area contributed by atoms with Crippen molar-refractivity contribution in [3.8, 4) is 0 Å². The Morgan fingerprint density at radius 3 is 2.17 bits per heavy atom. The van der Waals surface area contributed by atoms with E-state index in [2.05, 4.69) is 78.6 Å². The van der Waals surface area contributed by atoms with E-state index in [9.17, 15) is 0 Å². The first-order chi connectivity index (χ1) is 8.48. The van der Waals surface area contributed by atoms with Gasteiger partial charge in [0.25, 0.3) is 0 Å². The molecule has 2 aromatic carbocycles. The van der Waals surface area contributed by atoms with E-state index in [0.29, 0.717) is 0 Å². The van der Waals surface area contributed by atoms with Gasteiger partial charge in [-0.25, -0.2) is 0 Å². The quantitative estimate of drug-likeness (QED) is 0.448. The Morgan fingerprint density at radius 2 is 1.50 bits per heavy atom. The Labute approximate surface area is 121 Å². The number of halogens is 1. The maximum atomic E-state index is 6.17. The number of benzene rings is 2. The molecule has 1 nitrogen and oxygen atoms in total. The minimum absolute atomic E-state index is 1.03. The molecule has 0 aliphatic heterocycles. The van der Waals surface area contributed by atoms with Crippen LogP contribution in [0, 0.1) is 3.57 Å². The second-order valence-corrected chi connectivity index (χ2v) is 11.9. The highest BCUT2D eigenvalue weighted by molar-refractivity contribution is 14.1. The lowest BCUT2D eigenvalue weighted by Crippen LogP contribution is -2.37. The molecule has 0 amide bonds. The molecule has 0 aliphatic rings. The van der Waals surface area contributed by atoms with Crippen LogP contribution in [0.25, 0.3) is 21.9 Å². The van der Waals surface area contributed by atoms with Crippen LogP contribution in [-0.2, 0) is 0 Å². The normalized spacial score (nSPS) is 12.4. The molecule has 0 radical (unpaired) electrons. The number of para-hydroxylation sites is 2. The summed E-state index contributed by atoms with van der Waals surface area (Å²) in [5.41, 5.74) is 2.12. The van der Waals surface area contributed by atoms with E-state index in [1.54, 1.807) is 0 Å². The van der Waals surface area contributed by atoms with Crippen LogP contribution in [0.2, 0.25) is 19.6 Å². The summed E-state index contributed by atoms with van der Waals surface area (Å²) in [5, 5.41) is 3.90. The van der Waals surface area contributed by atoms with Gasteiger partial charge in [-0.15, -0.1) is 0 Å². The number of hydrogen-bond donors (Lipinski definition) is 0. The lowest BCUT2D eigenvalue weighted by molar-refractivity contribution is 0.669. The molecule has 0 saturated carbocycles. The van der Waals surface area contributed by atoms with Crippen LogP contribution in [0.1, 0.15) is 0 Å². The molecule has 1 heterocycles. The molecular formula is C15H15IOSi. The van der Waals surface area contributed by atoms with Gasteiger partial charge in [0.05, 0.1) is 11.6 Å². The molecular weight excluding hydrogens is 351 g/mol. The summed E-state index contributed by atoms with van der Waals surface area (Å²) in [6.07, 6.45) is 0. The fourth-order valence-electron chi connectivity index (χ4n) is 2.38. The number of rotatable bonds is 1. The predicted octanol–water partition coefficient (Wildman–Crippen LogP) is 4.74. The molecule has 92 valence electrons. The van der Waals surface area contributed by atoms with Crippen LogP contribution in [-0.4, -0.2) is 8.07 Å². The molecule has 3 rings (SSSR count). The molecule has 3 heteroatoms. The van der Waals surface area contributed by atoms with Crippen molar-refractivity contribution < 1.29 is 4.42 Å². The van der Waals surface area contributed by atoms with E-state index >= 15 is 0 Å².